The molecule has 0 heterocycles. The molecule has 32 heavy (non-hydrogen) atoms. The van der Waals surface area contributed by atoms with Crippen LogP contribution in [0.25, 0.3) is 0 Å². The van der Waals surface area contributed by atoms with E-state index < -0.39 is 46.9 Å². The number of anilines is 2. The lowest BCUT2D eigenvalue weighted by atomic mass is 9.76. The molecular formula is C20H16F6N2O4. The van der Waals surface area contributed by atoms with Crippen LogP contribution in [0.15, 0.2) is 48.5 Å². The monoisotopic (exact) mass is 462 g/mol. The van der Waals surface area contributed by atoms with Gasteiger partial charge in [-0.2, -0.15) is 26.3 Å². The number of carbonyl (C=O) groups is 2. The summed E-state index contributed by atoms with van der Waals surface area (Å²) in [6.07, 6.45) is 0. The fourth-order valence-corrected chi connectivity index (χ4v) is 2.95. The molecule has 0 aliphatic heterocycles. The van der Waals surface area contributed by atoms with Crippen LogP contribution in [0.1, 0.15) is 13.8 Å². The van der Waals surface area contributed by atoms with Gasteiger partial charge in [-0.05, 0) is 48.5 Å². The van der Waals surface area contributed by atoms with Crippen LogP contribution >= 0.6 is 0 Å². The predicted octanol–water partition coefficient (Wildman–Crippen LogP) is 4.68. The maximum Gasteiger partial charge on any atom is 0.395 e. The highest BCUT2D eigenvalue weighted by Gasteiger charge is 3.03. The van der Waals surface area contributed by atoms with Crippen LogP contribution in [0, 0.1) is 0 Å². The second kappa shape index (κ2) is 7.61. The number of amides is 2. The first kappa shape index (κ1) is 23.2. The van der Waals surface area contributed by atoms with E-state index in [4.69, 9.17) is 0 Å². The van der Waals surface area contributed by atoms with Crippen LogP contribution in [0.2, 0.25) is 0 Å². The summed E-state index contributed by atoms with van der Waals surface area (Å²) in [5.74, 6) is -23.3. The minimum Gasteiger partial charge on any atom is -0.447 e. The molecule has 2 N–H and O–H groups in total. The molecule has 0 saturated heterocycles. The number of nitrogens with one attached hydrogen (secondary N) is 2. The molecule has 1 saturated carbocycles. The molecule has 12 heteroatoms. The van der Waals surface area contributed by atoms with Crippen molar-refractivity contribution in [2.75, 3.05) is 10.6 Å². The number of benzene rings is 2. The van der Waals surface area contributed by atoms with Crippen LogP contribution < -0.4 is 20.1 Å². The Bertz CT molecular complexity index is 948. The van der Waals surface area contributed by atoms with Crippen molar-refractivity contribution in [3.05, 3.63) is 48.5 Å². The van der Waals surface area contributed by atoms with E-state index in [9.17, 15) is 27.2 Å². The molecule has 6 nitrogen and oxygen atoms in total. The van der Waals surface area contributed by atoms with Gasteiger partial charge in [-0.15, -0.1) is 0 Å². The molecule has 3 rings (SSSR count). The minimum absolute atomic E-state index is 0.172. The Morgan fingerprint density at radius 1 is 0.625 bits per heavy atom. The van der Waals surface area contributed by atoms with Crippen LogP contribution in [0.5, 0.6) is 11.5 Å². The fraction of sp³-hybridized carbons (Fsp3) is 0.300. The van der Waals surface area contributed by atoms with Gasteiger partial charge in [0, 0.05) is 25.2 Å². The third kappa shape index (κ3) is 3.49. The van der Waals surface area contributed by atoms with Crippen molar-refractivity contribution in [3.8, 4) is 11.5 Å². The zero-order chi connectivity index (χ0) is 23.9. The Hall–Kier alpha value is -3.44. The van der Waals surface area contributed by atoms with Gasteiger partial charge in [0.15, 0.2) is 0 Å². The SMILES string of the molecule is CC(=O)Nc1ccc(OC2(F)C(F)(F)C(F)(F)C2(F)Oc2ccc(NC(C)=O)cc2)cc1. The normalized spacial score (nSPS) is 25.2. The maximum atomic E-state index is 15.1. The highest BCUT2D eigenvalue weighted by molar-refractivity contribution is 5.89. The van der Waals surface area contributed by atoms with Crippen molar-refractivity contribution >= 4 is 23.2 Å². The van der Waals surface area contributed by atoms with Crippen molar-refractivity contribution < 1.29 is 45.4 Å². The zero-order valence-corrected chi connectivity index (χ0v) is 16.5. The van der Waals surface area contributed by atoms with E-state index in [1.54, 1.807) is 0 Å². The average Bonchev–Trinajstić information content (AvgIpc) is 2.69. The summed E-state index contributed by atoms with van der Waals surface area (Å²) in [5, 5.41) is 4.67. The van der Waals surface area contributed by atoms with Crippen molar-refractivity contribution in [3.63, 3.8) is 0 Å². The van der Waals surface area contributed by atoms with E-state index in [1.807, 2.05) is 0 Å². The summed E-state index contributed by atoms with van der Waals surface area (Å²) in [6.45, 7) is 2.38. The summed E-state index contributed by atoms with van der Waals surface area (Å²) in [6, 6.07) is 7.94. The van der Waals surface area contributed by atoms with Gasteiger partial charge in [0.2, 0.25) is 11.8 Å². The van der Waals surface area contributed by atoms with Gasteiger partial charge in [0.05, 0.1) is 0 Å². The van der Waals surface area contributed by atoms with Gasteiger partial charge in [-0.25, -0.2) is 0 Å². The van der Waals surface area contributed by atoms with Gasteiger partial charge in [-0.1, -0.05) is 0 Å². The van der Waals surface area contributed by atoms with Crippen LogP contribution in [-0.4, -0.2) is 35.4 Å². The van der Waals surface area contributed by atoms with E-state index >= 15 is 8.78 Å². The molecule has 2 aromatic carbocycles. The van der Waals surface area contributed by atoms with Gasteiger partial charge < -0.3 is 20.1 Å². The summed E-state index contributed by atoms with van der Waals surface area (Å²) >= 11 is 0. The van der Waals surface area contributed by atoms with E-state index in [0.717, 1.165) is 48.5 Å². The summed E-state index contributed by atoms with van der Waals surface area (Å²) in [7, 11) is 0. The Balaban J connectivity index is 1.88. The molecular weight excluding hydrogens is 446 g/mol. The average molecular weight is 462 g/mol. The smallest absolute Gasteiger partial charge is 0.395 e. The Labute approximate surface area is 177 Å². The second-order valence-electron chi connectivity index (χ2n) is 6.95. The minimum atomic E-state index is -5.58. The number of alkyl halides is 6. The molecule has 0 spiro atoms. The summed E-state index contributed by atoms with van der Waals surface area (Å²) < 4.78 is 95.0. The Morgan fingerprint density at radius 2 is 0.906 bits per heavy atom. The molecule has 1 aliphatic rings. The quantitative estimate of drug-likeness (QED) is 0.612. The van der Waals surface area contributed by atoms with Gasteiger partial charge in [-0.3, -0.25) is 9.59 Å². The molecule has 1 fully saturated rings. The lowest BCUT2D eigenvalue weighted by Crippen LogP contribution is -2.89. The van der Waals surface area contributed by atoms with Gasteiger partial charge in [0.1, 0.15) is 11.5 Å². The molecule has 2 atom stereocenters. The lowest BCUT2D eigenvalue weighted by Gasteiger charge is -2.55. The molecule has 0 radical (unpaired) electrons. The third-order valence-electron chi connectivity index (χ3n) is 4.48. The highest BCUT2D eigenvalue weighted by Crippen LogP contribution is 2.68. The zero-order valence-electron chi connectivity index (χ0n) is 16.5. The number of rotatable bonds is 6. The number of carbonyl (C=O) groups excluding carboxylic acids is 2. The summed E-state index contributed by atoms with van der Waals surface area (Å²) in [4.78, 5) is 22.0. The highest BCUT2D eigenvalue weighted by atomic mass is 19.3. The summed E-state index contributed by atoms with van der Waals surface area (Å²) in [5.41, 5.74) is 0.343. The Kier molecular flexibility index (Phi) is 5.52. The number of hydrogen-bond donors (Lipinski definition) is 2. The van der Waals surface area contributed by atoms with Crippen molar-refractivity contribution in [1.82, 2.24) is 0 Å². The van der Waals surface area contributed by atoms with Crippen molar-refractivity contribution in [2.24, 2.45) is 0 Å². The van der Waals surface area contributed by atoms with Crippen molar-refractivity contribution in [1.29, 1.82) is 0 Å². The van der Waals surface area contributed by atoms with Crippen molar-refractivity contribution in [2.45, 2.75) is 37.4 Å². The standard InChI is InChI=1S/C20H16F6N2O4/c1-11(29)27-13-3-7-15(8-4-13)31-19(25)17(21,22)18(23,24)20(19,26)32-16-9-5-14(6-10-16)28-12(2)30/h3-10H,1-2H3,(H,27,29)(H,28,30). The first-order valence-corrected chi connectivity index (χ1v) is 9.00. The number of hydrogen-bond acceptors (Lipinski definition) is 4. The van der Waals surface area contributed by atoms with E-state index in [2.05, 4.69) is 20.1 Å². The Morgan fingerprint density at radius 3 is 1.16 bits per heavy atom. The van der Waals surface area contributed by atoms with Crippen LogP contribution in [0.3, 0.4) is 0 Å². The molecule has 2 unspecified atom stereocenters. The van der Waals surface area contributed by atoms with Gasteiger partial charge >= 0.3 is 23.6 Å². The number of ether oxygens (including phenoxy) is 2. The molecule has 2 amide bonds. The first-order valence-electron chi connectivity index (χ1n) is 9.00. The van der Waals surface area contributed by atoms with Gasteiger partial charge in [0.25, 0.3) is 0 Å². The predicted molar refractivity (Wildman–Crippen MR) is 100 cm³/mol. The molecule has 0 aromatic heterocycles. The number of halogens is 6. The molecule has 0 bridgehead atoms. The topological polar surface area (TPSA) is 76.7 Å². The van der Waals surface area contributed by atoms with Crippen LogP contribution in [-0.2, 0) is 9.59 Å². The fourth-order valence-electron chi connectivity index (χ4n) is 2.95. The lowest BCUT2D eigenvalue weighted by molar-refractivity contribution is -0.527. The first-order chi connectivity index (χ1) is 14.7. The van der Waals surface area contributed by atoms with E-state index in [1.165, 1.54) is 13.8 Å². The molecule has 172 valence electrons. The third-order valence-corrected chi connectivity index (χ3v) is 4.48. The van der Waals surface area contributed by atoms with E-state index in [-0.39, 0.29) is 11.4 Å². The van der Waals surface area contributed by atoms with E-state index in [0.29, 0.717) is 0 Å². The van der Waals surface area contributed by atoms with Crippen LogP contribution in [0.4, 0.5) is 37.7 Å². The largest absolute Gasteiger partial charge is 0.447 e. The maximum absolute atomic E-state index is 15.1. The second-order valence-corrected chi connectivity index (χ2v) is 6.95. The molecule has 1 aliphatic carbocycles. The molecule has 2 aromatic rings.